The van der Waals surface area contributed by atoms with Gasteiger partial charge in [0.05, 0.1) is 12.7 Å². The molecule has 0 saturated carbocycles. The maximum atomic E-state index is 12.6. The van der Waals surface area contributed by atoms with E-state index in [1.165, 1.54) is 26.3 Å². The van der Waals surface area contributed by atoms with Crippen molar-refractivity contribution in [2.24, 2.45) is 0 Å². The van der Waals surface area contributed by atoms with E-state index in [-0.39, 0.29) is 23.6 Å². The first-order valence-corrected chi connectivity index (χ1v) is 9.73. The van der Waals surface area contributed by atoms with Crippen LogP contribution in [0.25, 0.3) is 0 Å². The number of methoxy groups -OCH3 is 1. The summed E-state index contributed by atoms with van der Waals surface area (Å²) in [6.07, 6.45) is 1.37. The van der Waals surface area contributed by atoms with Gasteiger partial charge in [-0.2, -0.15) is 5.26 Å². The van der Waals surface area contributed by atoms with Crippen LogP contribution in [-0.2, 0) is 30.3 Å². The maximum absolute atomic E-state index is 12.6. The average Bonchev–Trinajstić information content (AvgIpc) is 2.79. The Balaban J connectivity index is 1.89. The van der Waals surface area contributed by atoms with Gasteiger partial charge < -0.3 is 25.3 Å². The molecule has 0 bridgehead atoms. The zero-order chi connectivity index (χ0) is 23.5. The summed E-state index contributed by atoms with van der Waals surface area (Å²) in [4.78, 5) is 39.0. The zero-order valence-electron chi connectivity index (χ0n) is 17.8. The third-order valence-corrected chi connectivity index (χ3v) is 4.33. The number of hydrogen-bond acceptors (Lipinski definition) is 9. The van der Waals surface area contributed by atoms with Gasteiger partial charge in [0.15, 0.2) is 6.61 Å². The summed E-state index contributed by atoms with van der Waals surface area (Å²) < 4.78 is 14.9. The van der Waals surface area contributed by atoms with Gasteiger partial charge in [-0.1, -0.05) is 12.1 Å². The third-order valence-electron chi connectivity index (χ3n) is 4.33. The summed E-state index contributed by atoms with van der Waals surface area (Å²) in [5, 5.41) is 11.8. The number of anilines is 1. The topological polar surface area (TPSA) is 154 Å². The van der Waals surface area contributed by atoms with Crippen LogP contribution in [0.15, 0.2) is 36.5 Å². The van der Waals surface area contributed by atoms with Crippen LogP contribution < -0.4 is 15.8 Å². The molecule has 2 rings (SSSR count). The Kier molecular flexibility index (Phi) is 8.98. The summed E-state index contributed by atoms with van der Waals surface area (Å²) in [6.45, 7) is 1.37. The van der Waals surface area contributed by atoms with E-state index < -0.39 is 23.9 Å². The Morgan fingerprint density at radius 3 is 2.59 bits per heavy atom. The summed E-state index contributed by atoms with van der Waals surface area (Å²) in [7, 11) is 1.29. The van der Waals surface area contributed by atoms with Gasteiger partial charge >= 0.3 is 11.9 Å². The van der Waals surface area contributed by atoms with Crippen molar-refractivity contribution in [3.05, 3.63) is 53.2 Å². The van der Waals surface area contributed by atoms with Gasteiger partial charge in [0.1, 0.15) is 17.6 Å². The number of aromatic nitrogens is 1. The number of nitrogens with two attached hydrogens (primary N) is 1. The summed E-state index contributed by atoms with van der Waals surface area (Å²) >= 11 is 0. The molecule has 1 heterocycles. The van der Waals surface area contributed by atoms with Crippen LogP contribution in [0.3, 0.4) is 0 Å². The molecular weight excluding hydrogens is 416 g/mol. The number of aryl methyl sites for hydroxylation is 1. The van der Waals surface area contributed by atoms with Gasteiger partial charge in [0.25, 0.3) is 5.91 Å². The highest BCUT2D eigenvalue weighted by Crippen LogP contribution is 2.21. The van der Waals surface area contributed by atoms with Crippen LogP contribution in [0.2, 0.25) is 0 Å². The Morgan fingerprint density at radius 2 is 1.97 bits per heavy atom. The summed E-state index contributed by atoms with van der Waals surface area (Å²) in [5.74, 6) is -1.06. The molecule has 0 spiro atoms. The number of carbonyl (C=O) groups excluding carboxylic acids is 3. The molecule has 0 aliphatic carbocycles. The monoisotopic (exact) mass is 440 g/mol. The Morgan fingerprint density at radius 1 is 1.25 bits per heavy atom. The van der Waals surface area contributed by atoms with E-state index >= 15 is 0 Å². The van der Waals surface area contributed by atoms with Crippen molar-refractivity contribution in [2.75, 3.05) is 26.0 Å². The number of carbonyl (C=O) groups is 3. The molecule has 1 unspecified atom stereocenters. The number of nitrogens with zero attached hydrogens (tertiary/aromatic N) is 2. The van der Waals surface area contributed by atoms with Crippen molar-refractivity contribution in [3.63, 3.8) is 0 Å². The highest BCUT2D eigenvalue weighted by molar-refractivity contribution is 5.84. The van der Waals surface area contributed by atoms with Crippen molar-refractivity contribution < 1.29 is 28.6 Å². The van der Waals surface area contributed by atoms with Crippen LogP contribution in [0.4, 0.5) is 5.82 Å². The van der Waals surface area contributed by atoms with Crippen LogP contribution >= 0.6 is 0 Å². The highest BCUT2D eigenvalue weighted by atomic mass is 16.6. The lowest BCUT2D eigenvalue weighted by molar-refractivity contribution is -0.154. The molecule has 10 nitrogen and oxygen atoms in total. The minimum atomic E-state index is -1.24. The van der Waals surface area contributed by atoms with Gasteiger partial charge in [-0.25, -0.2) is 9.78 Å². The normalized spacial score (nSPS) is 11.0. The Hall–Kier alpha value is -4.13. The molecule has 1 amide bonds. The van der Waals surface area contributed by atoms with E-state index in [0.29, 0.717) is 25.1 Å². The molecular formula is C22H24N4O6. The second kappa shape index (κ2) is 11.9. The average molecular weight is 440 g/mol. The van der Waals surface area contributed by atoms with Crippen molar-refractivity contribution in [2.45, 2.75) is 25.9 Å². The quantitative estimate of drug-likeness (QED) is 0.412. The lowest BCUT2D eigenvalue weighted by Gasteiger charge is -2.17. The van der Waals surface area contributed by atoms with Crippen molar-refractivity contribution in [3.8, 4) is 11.8 Å². The fourth-order valence-electron chi connectivity index (χ4n) is 2.71. The zero-order valence-corrected chi connectivity index (χ0v) is 17.8. The fraction of sp³-hybridized carbons (Fsp3) is 0.318. The van der Waals surface area contributed by atoms with Crippen LogP contribution in [0.1, 0.15) is 36.1 Å². The first-order chi connectivity index (χ1) is 15.3. The molecule has 0 aliphatic heterocycles. The first kappa shape index (κ1) is 24.1. The second-order valence-electron chi connectivity index (χ2n) is 6.71. The third kappa shape index (κ3) is 7.28. The van der Waals surface area contributed by atoms with Gasteiger partial charge in [-0.05, 0) is 36.6 Å². The Labute approximate surface area is 185 Å². The van der Waals surface area contributed by atoms with Gasteiger partial charge in [0, 0.05) is 25.2 Å². The molecule has 3 N–H and O–H groups in total. The minimum Gasteiger partial charge on any atom is -0.482 e. The predicted octanol–water partition coefficient (Wildman–Crippen LogP) is 1.44. The maximum Gasteiger partial charge on any atom is 0.343 e. The fourth-order valence-corrected chi connectivity index (χ4v) is 2.71. The van der Waals surface area contributed by atoms with E-state index in [2.05, 4.69) is 15.0 Å². The summed E-state index contributed by atoms with van der Waals surface area (Å²) in [5.41, 5.74) is 6.97. The number of amides is 1. The van der Waals surface area contributed by atoms with E-state index in [0.717, 1.165) is 5.56 Å². The standard InChI is InChI=1S/C22H24N4O6/c1-14(27)32-20(17-10-16(11-23)21(24)26-12-17)22(29)25-9-3-4-15-5-7-18(8-6-15)31-13-19(28)30-2/h5-8,10,12,20H,3-4,9,13H2,1-2H3,(H2,24,26)(H,25,29). The Bertz CT molecular complexity index is 1000. The molecule has 32 heavy (non-hydrogen) atoms. The SMILES string of the molecule is COC(=O)COc1ccc(CCCNC(=O)C(OC(C)=O)c2cnc(N)c(C#N)c2)cc1. The van der Waals surface area contributed by atoms with Crippen molar-refractivity contribution in [1.82, 2.24) is 10.3 Å². The molecule has 168 valence electrons. The number of esters is 2. The number of pyridine rings is 1. The molecule has 1 aromatic heterocycles. The van der Waals surface area contributed by atoms with Crippen LogP contribution in [-0.4, -0.2) is 43.1 Å². The van der Waals surface area contributed by atoms with Gasteiger partial charge in [0.2, 0.25) is 6.10 Å². The number of nitriles is 1. The van der Waals surface area contributed by atoms with Gasteiger partial charge in [-0.15, -0.1) is 0 Å². The molecule has 0 radical (unpaired) electrons. The van der Waals surface area contributed by atoms with E-state index in [1.54, 1.807) is 12.1 Å². The number of ether oxygens (including phenoxy) is 3. The van der Waals surface area contributed by atoms with Crippen molar-refractivity contribution >= 4 is 23.7 Å². The molecule has 10 heteroatoms. The van der Waals surface area contributed by atoms with Crippen molar-refractivity contribution in [1.29, 1.82) is 5.26 Å². The largest absolute Gasteiger partial charge is 0.482 e. The van der Waals surface area contributed by atoms with Crippen LogP contribution in [0, 0.1) is 11.3 Å². The minimum absolute atomic E-state index is 0.0277. The smallest absolute Gasteiger partial charge is 0.343 e. The van der Waals surface area contributed by atoms with Crippen LogP contribution in [0.5, 0.6) is 5.75 Å². The number of hydrogen-bond donors (Lipinski definition) is 2. The lowest BCUT2D eigenvalue weighted by atomic mass is 10.1. The molecule has 1 atom stereocenters. The van der Waals surface area contributed by atoms with E-state index in [9.17, 15) is 14.4 Å². The molecule has 2 aromatic rings. The van der Waals surface area contributed by atoms with E-state index in [1.807, 2.05) is 18.2 Å². The highest BCUT2D eigenvalue weighted by Gasteiger charge is 2.25. The number of rotatable bonds is 10. The summed E-state index contributed by atoms with van der Waals surface area (Å²) in [6, 6.07) is 10.5. The molecule has 0 fully saturated rings. The number of benzene rings is 1. The molecule has 0 saturated heterocycles. The first-order valence-electron chi connectivity index (χ1n) is 9.73. The molecule has 0 aliphatic rings. The second-order valence-corrected chi connectivity index (χ2v) is 6.71. The number of nitrogens with one attached hydrogen (secondary N) is 1. The number of nitrogen functional groups attached to an aromatic ring is 1. The van der Waals surface area contributed by atoms with Gasteiger partial charge in [-0.3, -0.25) is 9.59 Å². The predicted molar refractivity (Wildman–Crippen MR) is 113 cm³/mol. The molecule has 1 aromatic carbocycles. The van der Waals surface area contributed by atoms with E-state index in [4.69, 9.17) is 20.5 Å². The lowest BCUT2D eigenvalue weighted by Crippen LogP contribution is -2.32.